The predicted octanol–water partition coefficient (Wildman–Crippen LogP) is 2.95. The molecule has 7 nitrogen and oxygen atoms in total. The lowest BCUT2D eigenvalue weighted by atomic mass is 10.1. The average Bonchev–Trinajstić information content (AvgIpc) is 3.03. The number of nitrogens with zero attached hydrogens (tertiary/aromatic N) is 5. The van der Waals surface area contributed by atoms with Crippen LogP contribution in [0.25, 0.3) is 10.5 Å². The molecule has 1 saturated carbocycles. The number of aromatic hydroxyl groups is 1. The van der Waals surface area contributed by atoms with Crippen LogP contribution in [0.5, 0.6) is 5.75 Å². The number of benzene rings is 1. The third kappa shape index (κ3) is 2.49. The van der Waals surface area contributed by atoms with Gasteiger partial charge in [0, 0.05) is 10.9 Å². The lowest BCUT2D eigenvalue weighted by molar-refractivity contribution is 0.208. The van der Waals surface area contributed by atoms with E-state index in [0.717, 1.165) is 28.9 Å². The first kappa shape index (κ1) is 15.5. The molecule has 0 spiro atoms. The van der Waals surface area contributed by atoms with Crippen LogP contribution >= 0.6 is 11.3 Å². The first-order valence-corrected chi connectivity index (χ1v) is 9.28. The molecule has 0 amide bonds. The van der Waals surface area contributed by atoms with Crippen LogP contribution in [0.4, 0.5) is 0 Å². The molecule has 1 aliphatic carbocycles. The van der Waals surface area contributed by atoms with E-state index >= 15 is 0 Å². The number of hydrogen-bond donors (Lipinski definition) is 2. The summed E-state index contributed by atoms with van der Waals surface area (Å²) in [6, 6.07) is 5.20. The largest absolute Gasteiger partial charge is 0.508 e. The van der Waals surface area contributed by atoms with Gasteiger partial charge < -0.3 is 10.2 Å². The molecular weight excluding hydrogens is 350 g/mol. The highest BCUT2D eigenvalue weighted by molar-refractivity contribution is 7.17. The number of fused-ring (bicyclic) bond motifs is 1. The summed E-state index contributed by atoms with van der Waals surface area (Å²) >= 11 is 1.68. The maximum absolute atomic E-state index is 11.0. The minimum absolute atomic E-state index is 0.173. The second-order valence-corrected chi connectivity index (χ2v) is 7.81. The molecule has 3 heterocycles. The minimum atomic E-state index is -0.874. The van der Waals surface area contributed by atoms with Gasteiger partial charge in [-0.3, -0.25) is 4.40 Å². The number of rotatable bonds is 4. The fourth-order valence-corrected chi connectivity index (χ4v) is 4.57. The second-order valence-electron chi connectivity index (χ2n) is 6.74. The molecule has 2 N–H and O–H groups in total. The van der Waals surface area contributed by atoms with Crippen LogP contribution in [-0.2, 0) is 0 Å². The first-order valence-electron chi connectivity index (χ1n) is 8.46. The summed E-state index contributed by atoms with van der Waals surface area (Å²) in [5.74, 6) is 0.694. The number of phenols is 1. The van der Waals surface area contributed by atoms with Crippen molar-refractivity contribution < 1.29 is 10.2 Å². The zero-order valence-electron chi connectivity index (χ0n) is 14.1. The molecule has 1 aliphatic rings. The van der Waals surface area contributed by atoms with Crippen molar-refractivity contribution in [3.05, 3.63) is 58.7 Å². The SMILES string of the molecule is Cc1cc(O)cc(-n2cc(C(O)c3c(C4CC4)sc4cncn34)nn2)c1. The van der Waals surface area contributed by atoms with E-state index in [1.165, 1.54) is 4.88 Å². The third-order valence-corrected chi connectivity index (χ3v) is 5.91. The Morgan fingerprint density at radius 2 is 2.12 bits per heavy atom. The first-order chi connectivity index (χ1) is 12.6. The zero-order chi connectivity index (χ0) is 17.8. The van der Waals surface area contributed by atoms with Gasteiger partial charge in [-0.15, -0.1) is 16.4 Å². The number of aliphatic hydroxyl groups excluding tert-OH is 1. The standard InChI is InChI=1S/C18H17N5O2S/c1-10-4-12(6-13(24)5-10)23-8-14(20-21-23)17(25)16-18(11-2-3-11)26-15-7-19-9-22(15)16/h4-9,11,17,24-25H,2-3H2,1H3. The zero-order valence-corrected chi connectivity index (χ0v) is 14.9. The smallest absolute Gasteiger partial charge is 0.141 e. The summed E-state index contributed by atoms with van der Waals surface area (Å²) in [5, 5.41) is 29.1. The topological polar surface area (TPSA) is 88.5 Å². The Morgan fingerprint density at radius 3 is 2.88 bits per heavy atom. The third-order valence-electron chi connectivity index (χ3n) is 4.64. The lowest BCUT2D eigenvalue weighted by Gasteiger charge is -2.09. The van der Waals surface area contributed by atoms with E-state index in [-0.39, 0.29) is 5.75 Å². The van der Waals surface area contributed by atoms with Gasteiger partial charge in [-0.05, 0) is 43.4 Å². The van der Waals surface area contributed by atoms with E-state index < -0.39 is 6.10 Å². The predicted molar refractivity (Wildman–Crippen MR) is 96.9 cm³/mol. The summed E-state index contributed by atoms with van der Waals surface area (Å²) < 4.78 is 3.51. The van der Waals surface area contributed by atoms with Gasteiger partial charge in [-0.25, -0.2) is 9.67 Å². The van der Waals surface area contributed by atoms with Crippen molar-refractivity contribution in [1.29, 1.82) is 0 Å². The number of phenolic OH excluding ortho intramolecular Hbond substituents is 1. The van der Waals surface area contributed by atoms with Crippen LogP contribution in [0, 0.1) is 6.92 Å². The number of aromatic nitrogens is 5. The molecule has 0 saturated heterocycles. The van der Waals surface area contributed by atoms with Gasteiger partial charge >= 0.3 is 0 Å². The van der Waals surface area contributed by atoms with Crippen molar-refractivity contribution in [2.24, 2.45) is 0 Å². The Kier molecular flexibility index (Phi) is 3.38. The number of thiazole rings is 1. The van der Waals surface area contributed by atoms with E-state index in [1.807, 2.05) is 23.6 Å². The molecule has 1 aromatic carbocycles. The number of aryl methyl sites for hydroxylation is 1. The minimum Gasteiger partial charge on any atom is -0.508 e. The Morgan fingerprint density at radius 1 is 1.27 bits per heavy atom. The Labute approximate surface area is 153 Å². The van der Waals surface area contributed by atoms with Gasteiger partial charge in [0.05, 0.1) is 23.8 Å². The van der Waals surface area contributed by atoms with Crippen LogP contribution in [0.15, 0.2) is 36.9 Å². The molecule has 0 radical (unpaired) electrons. The van der Waals surface area contributed by atoms with Crippen molar-refractivity contribution in [2.45, 2.75) is 31.8 Å². The Balaban J connectivity index is 1.56. The molecule has 0 bridgehead atoms. The molecule has 1 atom stereocenters. The van der Waals surface area contributed by atoms with Crippen molar-refractivity contribution >= 4 is 16.2 Å². The Hall–Kier alpha value is -2.71. The Bertz CT molecular complexity index is 1090. The van der Waals surface area contributed by atoms with E-state index in [2.05, 4.69) is 15.3 Å². The van der Waals surface area contributed by atoms with Gasteiger partial charge in [0.15, 0.2) is 0 Å². The maximum Gasteiger partial charge on any atom is 0.141 e. The normalized spacial score (nSPS) is 15.6. The molecule has 4 aromatic rings. The molecule has 0 aliphatic heterocycles. The molecular formula is C18H17N5O2S. The summed E-state index contributed by atoms with van der Waals surface area (Å²) in [4.78, 5) is 6.42. The van der Waals surface area contributed by atoms with Crippen molar-refractivity contribution in [3.63, 3.8) is 0 Å². The number of imidazole rings is 1. The fourth-order valence-electron chi connectivity index (χ4n) is 3.27. The van der Waals surface area contributed by atoms with Crippen LogP contribution in [0.2, 0.25) is 0 Å². The molecule has 26 heavy (non-hydrogen) atoms. The number of aliphatic hydroxyl groups is 1. The summed E-state index contributed by atoms with van der Waals surface area (Å²) in [6.07, 6.45) is 6.70. The van der Waals surface area contributed by atoms with E-state index in [9.17, 15) is 10.2 Å². The van der Waals surface area contributed by atoms with Crippen molar-refractivity contribution in [2.75, 3.05) is 0 Å². The molecule has 8 heteroatoms. The van der Waals surface area contributed by atoms with Gasteiger partial charge in [0.2, 0.25) is 0 Å². The van der Waals surface area contributed by atoms with E-state index in [1.54, 1.807) is 40.7 Å². The van der Waals surface area contributed by atoms with E-state index in [0.29, 0.717) is 17.3 Å². The molecule has 1 unspecified atom stereocenters. The second kappa shape index (κ2) is 5.65. The van der Waals surface area contributed by atoms with E-state index in [4.69, 9.17) is 0 Å². The molecule has 3 aromatic heterocycles. The van der Waals surface area contributed by atoms with Gasteiger partial charge in [-0.1, -0.05) is 5.21 Å². The van der Waals surface area contributed by atoms with Gasteiger partial charge in [-0.2, -0.15) is 0 Å². The summed E-state index contributed by atoms with van der Waals surface area (Å²) in [5.41, 5.74) is 2.94. The summed E-state index contributed by atoms with van der Waals surface area (Å²) in [6.45, 7) is 1.90. The summed E-state index contributed by atoms with van der Waals surface area (Å²) in [7, 11) is 0. The van der Waals surface area contributed by atoms with Crippen LogP contribution in [0.3, 0.4) is 0 Å². The highest BCUT2D eigenvalue weighted by Gasteiger charge is 2.33. The molecule has 1 fully saturated rings. The maximum atomic E-state index is 11.0. The number of hydrogen-bond acceptors (Lipinski definition) is 6. The molecule has 5 rings (SSSR count). The van der Waals surface area contributed by atoms with Crippen LogP contribution < -0.4 is 0 Å². The van der Waals surface area contributed by atoms with Gasteiger partial charge in [0.1, 0.15) is 28.7 Å². The molecule has 132 valence electrons. The average molecular weight is 367 g/mol. The fraction of sp³-hybridized carbons (Fsp3) is 0.278. The monoisotopic (exact) mass is 367 g/mol. The highest BCUT2D eigenvalue weighted by Crippen LogP contribution is 2.47. The van der Waals surface area contributed by atoms with Crippen LogP contribution in [0.1, 0.15) is 46.7 Å². The quantitative estimate of drug-likeness (QED) is 0.579. The lowest BCUT2D eigenvalue weighted by Crippen LogP contribution is -2.06. The van der Waals surface area contributed by atoms with Crippen molar-refractivity contribution in [1.82, 2.24) is 24.4 Å². The van der Waals surface area contributed by atoms with Crippen LogP contribution in [-0.4, -0.2) is 34.6 Å². The van der Waals surface area contributed by atoms with Crippen molar-refractivity contribution in [3.8, 4) is 11.4 Å². The highest BCUT2D eigenvalue weighted by atomic mass is 32.1. The van der Waals surface area contributed by atoms with Gasteiger partial charge in [0.25, 0.3) is 0 Å².